The lowest BCUT2D eigenvalue weighted by Crippen LogP contribution is -2.32. The number of nitrogens with two attached hydrogens (primary N) is 1. The van der Waals surface area contributed by atoms with Crippen LogP contribution in [0, 0.1) is 0 Å². The summed E-state index contributed by atoms with van der Waals surface area (Å²) in [6, 6.07) is 19.9. The molecule has 0 spiro atoms. The van der Waals surface area contributed by atoms with Crippen molar-refractivity contribution in [1.29, 1.82) is 0 Å². The molecule has 0 radical (unpaired) electrons. The van der Waals surface area contributed by atoms with Gasteiger partial charge in [0.1, 0.15) is 0 Å². The van der Waals surface area contributed by atoms with E-state index >= 15 is 0 Å². The number of benzene rings is 2. The molecule has 0 saturated heterocycles. The summed E-state index contributed by atoms with van der Waals surface area (Å²) < 4.78 is 0. The van der Waals surface area contributed by atoms with Gasteiger partial charge in [-0.1, -0.05) is 60.7 Å². The summed E-state index contributed by atoms with van der Waals surface area (Å²) in [5.41, 5.74) is 8.31. The van der Waals surface area contributed by atoms with Gasteiger partial charge in [-0.2, -0.15) is 0 Å². The van der Waals surface area contributed by atoms with Crippen molar-refractivity contribution >= 4 is 0 Å². The third-order valence-corrected chi connectivity index (χ3v) is 2.96. The van der Waals surface area contributed by atoms with Gasteiger partial charge < -0.3 is 10.8 Å². The van der Waals surface area contributed by atoms with Gasteiger partial charge >= 0.3 is 0 Å². The third-order valence-electron chi connectivity index (χ3n) is 2.96. The molecule has 2 aromatic rings. The highest BCUT2D eigenvalue weighted by molar-refractivity contribution is 5.34. The SMILES string of the molecule is N[C@@H](CO)C(c1ccccc1)c1ccccc1. The van der Waals surface area contributed by atoms with Gasteiger partial charge in [0, 0.05) is 12.0 Å². The summed E-state index contributed by atoms with van der Waals surface area (Å²) in [6.07, 6.45) is 0. The molecule has 2 aromatic carbocycles. The molecule has 0 heterocycles. The van der Waals surface area contributed by atoms with Crippen LogP contribution in [0.3, 0.4) is 0 Å². The van der Waals surface area contributed by atoms with Crippen molar-refractivity contribution in [2.45, 2.75) is 12.0 Å². The van der Waals surface area contributed by atoms with E-state index < -0.39 is 0 Å². The molecule has 2 rings (SSSR count). The maximum atomic E-state index is 9.30. The number of hydrogen-bond acceptors (Lipinski definition) is 2. The molecule has 2 nitrogen and oxygen atoms in total. The minimum absolute atomic E-state index is 0.0194. The van der Waals surface area contributed by atoms with Crippen LogP contribution >= 0.6 is 0 Å². The van der Waals surface area contributed by atoms with Crippen molar-refractivity contribution < 1.29 is 5.11 Å². The van der Waals surface area contributed by atoms with Crippen LogP contribution in [0.25, 0.3) is 0 Å². The van der Waals surface area contributed by atoms with Crippen LogP contribution in [0.15, 0.2) is 60.7 Å². The van der Waals surface area contributed by atoms with E-state index in [9.17, 15) is 5.11 Å². The van der Waals surface area contributed by atoms with E-state index in [2.05, 4.69) is 0 Å². The molecule has 0 aliphatic carbocycles. The van der Waals surface area contributed by atoms with E-state index in [1.807, 2.05) is 60.7 Å². The number of aliphatic hydroxyl groups excluding tert-OH is 1. The molecule has 0 unspecified atom stereocenters. The average molecular weight is 227 g/mol. The highest BCUT2D eigenvalue weighted by Crippen LogP contribution is 2.26. The summed E-state index contributed by atoms with van der Waals surface area (Å²) in [7, 11) is 0. The van der Waals surface area contributed by atoms with Crippen LogP contribution in [0.5, 0.6) is 0 Å². The fourth-order valence-electron chi connectivity index (χ4n) is 2.11. The highest BCUT2D eigenvalue weighted by Gasteiger charge is 2.20. The summed E-state index contributed by atoms with van der Waals surface area (Å²) in [5.74, 6) is 0.0439. The van der Waals surface area contributed by atoms with Gasteiger partial charge in [-0.15, -0.1) is 0 Å². The Morgan fingerprint density at radius 2 is 1.24 bits per heavy atom. The fourth-order valence-corrected chi connectivity index (χ4v) is 2.11. The van der Waals surface area contributed by atoms with Gasteiger partial charge in [0.05, 0.1) is 6.61 Å². The standard InChI is InChI=1S/C15H17NO/c16-14(11-17)15(12-7-3-1-4-8-12)13-9-5-2-6-10-13/h1-10,14-15,17H,11,16H2/t14-/m0/s1. The van der Waals surface area contributed by atoms with Gasteiger partial charge in [-0.05, 0) is 11.1 Å². The smallest absolute Gasteiger partial charge is 0.0591 e. The zero-order valence-corrected chi connectivity index (χ0v) is 9.66. The molecule has 1 atom stereocenters. The van der Waals surface area contributed by atoms with E-state index in [0.29, 0.717) is 0 Å². The predicted molar refractivity (Wildman–Crippen MR) is 69.8 cm³/mol. The van der Waals surface area contributed by atoms with Crippen LogP contribution in [0.2, 0.25) is 0 Å². The van der Waals surface area contributed by atoms with Crippen molar-refractivity contribution in [3.63, 3.8) is 0 Å². The first-order chi connectivity index (χ1) is 8.33. The Hall–Kier alpha value is -1.64. The van der Waals surface area contributed by atoms with E-state index in [1.54, 1.807) is 0 Å². The summed E-state index contributed by atoms with van der Waals surface area (Å²) in [5, 5.41) is 9.30. The van der Waals surface area contributed by atoms with Crippen molar-refractivity contribution in [3.8, 4) is 0 Å². The second kappa shape index (κ2) is 5.62. The zero-order valence-electron chi connectivity index (χ0n) is 9.66. The van der Waals surface area contributed by atoms with Crippen LogP contribution in [0.1, 0.15) is 17.0 Å². The molecule has 0 bridgehead atoms. The molecule has 0 saturated carbocycles. The zero-order chi connectivity index (χ0) is 12.1. The lowest BCUT2D eigenvalue weighted by Gasteiger charge is -2.23. The molecule has 0 aliphatic heterocycles. The second-order valence-electron chi connectivity index (χ2n) is 4.15. The summed E-state index contributed by atoms with van der Waals surface area (Å²) >= 11 is 0. The van der Waals surface area contributed by atoms with Crippen LogP contribution in [-0.2, 0) is 0 Å². The van der Waals surface area contributed by atoms with E-state index in [4.69, 9.17) is 5.73 Å². The van der Waals surface area contributed by atoms with E-state index in [1.165, 1.54) is 0 Å². The van der Waals surface area contributed by atoms with Gasteiger partial charge in [-0.3, -0.25) is 0 Å². The van der Waals surface area contributed by atoms with Crippen LogP contribution < -0.4 is 5.73 Å². The largest absolute Gasteiger partial charge is 0.395 e. The lowest BCUT2D eigenvalue weighted by atomic mass is 9.86. The van der Waals surface area contributed by atoms with Crippen molar-refractivity contribution in [1.82, 2.24) is 0 Å². The van der Waals surface area contributed by atoms with Crippen molar-refractivity contribution in [3.05, 3.63) is 71.8 Å². The highest BCUT2D eigenvalue weighted by atomic mass is 16.3. The lowest BCUT2D eigenvalue weighted by molar-refractivity contribution is 0.256. The second-order valence-corrected chi connectivity index (χ2v) is 4.15. The predicted octanol–water partition coefficient (Wildman–Crippen LogP) is 2.14. The number of hydrogen-bond donors (Lipinski definition) is 2. The van der Waals surface area contributed by atoms with Crippen molar-refractivity contribution in [2.24, 2.45) is 5.73 Å². The van der Waals surface area contributed by atoms with Crippen molar-refractivity contribution in [2.75, 3.05) is 6.61 Å². The van der Waals surface area contributed by atoms with Gasteiger partial charge in [0.25, 0.3) is 0 Å². The van der Waals surface area contributed by atoms with Crippen LogP contribution in [-0.4, -0.2) is 17.8 Å². The van der Waals surface area contributed by atoms with Crippen LogP contribution in [0.4, 0.5) is 0 Å². The Labute approximate surface area is 102 Å². The first kappa shape index (κ1) is 11.8. The molecule has 88 valence electrons. The van der Waals surface area contributed by atoms with Gasteiger partial charge in [-0.25, -0.2) is 0 Å². The van der Waals surface area contributed by atoms with Gasteiger partial charge in [0.2, 0.25) is 0 Å². The number of rotatable bonds is 4. The summed E-state index contributed by atoms with van der Waals surface area (Å²) in [4.78, 5) is 0. The minimum atomic E-state index is -0.278. The fraction of sp³-hybridized carbons (Fsp3) is 0.200. The normalized spacial score (nSPS) is 12.6. The molecule has 2 heteroatoms. The maximum Gasteiger partial charge on any atom is 0.0591 e. The van der Waals surface area contributed by atoms with E-state index in [-0.39, 0.29) is 18.6 Å². The Bertz CT molecular complexity index is 401. The maximum absolute atomic E-state index is 9.30. The molecule has 3 N–H and O–H groups in total. The average Bonchev–Trinajstić information content (AvgIpc) is 2.41. The first-order valence-corrected chi connectivity index (χ1v) is 5.79. The molecule has 0 amide bonds. The Morgan fingerprint density at radius 1 is 0.824 bits per heavy atom. The molecule has 17 heavy (non-hydrogen) atoms. The Morgan fingerprint density at radius 3 is 1.59 bits per heavy atom. The van der Waals surface area contributed by atoms with E-state index in [0.717, 1.165) is 11.1 Å². The molecule has 0 aliphatic rings. The monoisotopic (exact) mass is 227 g/mol. The topological polar surface area (TPSA) is 46.2 Å². The Balaban J connectivity index is 2.39. The molecule has 0 fully saturated rings. The molecule has 0 aromatic heterocycles. The quantitative estimate of drug-likeness (QED) is 0.840. The first-order valence-electron chi connectivity index (χ1n) is 5.79. The van der Waals surface area contributed by atoms with Gasteiger partial charge in [0.15, 0.2) is 0 Å². The Kier molecular flexibility index (Phi) is 3.91. The number of aliphatic hydroxyl groups is 1. The summed E-state index contributed by atoms with van der Waals surface area (Å²) in [6.45, 7) is -0.0194. The molecular weight excluding hydrogens is 210 g/mol. The molecular formula is C15H17NO. The minimum Gasteiger partial charge on any atom is -0.395 e. The third kappa shape index (κ3) is 2.73.